The van der Waals surface area contributed by atoms with Crippen LogP contribution in [0.4, 0.5) is 5.69 Å². The third kappa shape index (κ3) is 3.42. The maximum atomic E-state index is 12.3. The first-order valence-corrected chi connectivity index (χ1v) is 9.93. The second kappa shape index (κ2) is 7.43. The Morgan fingerprint density at radius 1 is 1.33 bits per heavy atom. The van der Waals surface area contributed by atoms with Gasteiger partial charge in [0.25, 0.3) is 0 Å². The van der Waals surface area contributed by atoms with Crippen LogP contribution >= 0.6 is 11.8 Å². The molecule has 0 radical (unpaired) electrons. The molecule has 1 amide bonds. The summed E-state index contributed by atoms with van der Waals surface area (Å²) in [5.41, 5.74) is 5.02. The highest BCUT2D eigenvalue weighted by atomic mass is 32.2. The molecule has 0 atom stereocenters. The number of rotatable bonds is 6. The van der Waals surface area contributed by atoms with Crippen LogP contribution in [0.2, 0.25) is 0 Å². The fourth-order valence-electron chi connectivity index (χ4n) is 3.31. The summed E-state index contributed by atoms with van der Waals surface area (Å²) in [5, 5.41) is 19.1. The minimum Gasteiger partial charge on any atom is -0.335 e. The topological polar surface area (TPSA) is 115 Å². The first kappa shape index (κ1) is 17.6. The molecule has 2 aromatic heterocycles. The van der Waals surface area contributed by atoms with Crippen molar-refractivity contribution < 1.29 is 4.79 Å². The number of nitrogens with two attached hydrogens (primary N) is 1. The molecule has 0 saturated carbocycles. The molecule has 1 aliphatic rings. The lowest BCUT2D eigenvalue weighted by Gasteiger charge is -2.09. The number of carbonyl (C=O) groups is 1. The molecular formula is C18H21N7OS. The van der Waals surface area contributed by atoms with Gasteiger partial charge >= 0.3 is 0 Å². The zero-order valence-electron chi connectivity index (χ0n) is 15.0. The van der Waals surface area contributed by atoms with Crippen LogP contribution in [0.15, 0.2) is 29.4 Å². The second-order valence-electron chi connectivity index (χ2n) is 6.41. The minimum atomic E-state index is -0.105. The number of aryl methyl sites for hydroxylation is 2. The van der Waals surface area contributed by atoms with Crippen molar-refractivity contribution in [3.8, 4) is 11.5 Å². The van der Waals surface area contributed by atoms with Crippen LogP contribution in [0.1, 0.15) is 30.2 Å². The van der Waals surface area contributed by atoms with Gasteiger partial charge in [-0.15, -0.1) is 10.2 Å². The van der Waals surface area contributed by atoms with E-state index in [4.69, 9.17) is 5.84 Å². The van der Waals surface area contributed by atoms with Gasteiger partial charge in [0.05, 0.1) is 5.75 Å². The van der Waals surface area contributed by atoms with E-state index < -0.39 is 0 Å². The van der Waals surface area contributed by atoms with Crippen LogP contribution in [0.5, 0.6) is 0 Å². The summed E-state index contributed by atoms with van der Waals surface area (Å²) in [6, 6.07) is 7.79. The number of nitrogens with zero attached hydrogens (tertiary/aromatic N) is 4. The molecule has 1 aromatic carbocycles. The second-order valence-corrected chi connectivity index (χ2v) is 7.35. The van der Waals surface area contributed by atoms with Gasteiger partial charge in [0, 0.05) is 16.9 Å². The standard InChI is InChI=1S/C18H21N7OS/c1-2-11-6-3-4-8-13(11)20-15(26)10-27-18-24-23-17(25(18)19)16-12-7-5-9-14(12)21-22-16/h3-4,6,8H,2,5,7,9-10,19H2,1H3,(H,20,26)(H,21,22). The summed E-state index contributed by atoms with van der Waals surface area (Å²) in [6.07, 6.45) is 3.94. The van der Waals surface area contributed by atoms with Gasteiger partial charge in [-0.25, -0.2) is 4.68 Å². The van der Waals surface area contributed by atoms with E-state index in [1.165, 1.54) is 22.0 Å². The lowest BCUT2D eigenvalue weighted by atomic mass is 10.1. The van der Waals surface area contributed by atoms with Gasteiger partial charge in [0.2, 0.25) is 16.9 Å². The Bertz CT molecular complexity index is 978. The van der Waals surface area contributed by atoms with Crippen LogP contribution in [0.3, 0.4) is 0 Å². The molecular weight excluding hydrogens is 362 g/mol. The molecule has 140 valence electrons. The van der Waals surface area contributed by atoms with Crippen LogP contribution in [0.25, 0.3) is 11.5 Å². The Hall–Kier alpha value is -2.81. The third-order valence-corrected chi connectivity index (χ3v) is 5.63. The zero-order chi connectivity index (χ0) is 18.8. The number of para-hydroxylation sites is 1. The van der Waals surface area contributed by atoms with E-state index >= 15 is 0 Å². The van der Waals surface area contributed by atoms with Gasteiger partial charge in [-0.1, -0.05) is 36.9 Å². The molecule has 0 fully saturated rings. The van der Waals surface area contributed by atoms with E-state index in [1.54, 1.807) is 0 Å². The number of amides is 1. The van der Waals surface area contributed by atoms with Crippen molar-refractivity contribution >= 4 is 23.4 Å². The number of hydrogen-bond donors (Lipinski definition) is 3. The third-order valence-electron chi connectivity index (χ3n) is 4.69. The van der Waals surface area contributed by atoms with E-state index in [-0.39, 0.29) is 11.7 Å². The number of aromatic nitrogens is 5. The highest BCUT2D eigenvalue weighted by Crippen LogP contribution is 2.30. The van der Waals surface area contributed by atoms with E-state index in [2.05, 4.69) is 32.6 Å². The Labute approximate surface area is 160 Å². The summed E-state index contributed by atoms with van der Waals surface area (Å²) in [5.74, 6) is 6.78. The van der Waals surface area contributed by atoms with Gasteiger partial charge in [-0.05, 0) is 37.3 Å². The van der Waals surface area contributed by atoms with Crippen molar-refractivity contribution in [3.63, 3.8) is 0 Å². The number of fused-ring (bicyclic) bond motifs is 1. The van der Waals surface area contributed by atoms with Gasteiger partial charge in [0.15, 0.2) is 0 Å². The van der Waals surface area contributed by atoms with Crippen molar-refractivity contribution in [2.75, 3.05) is 16.9 Å². The normalized spacial score (nSPS) is 12.9. The number of H-pyrrole nitrogens is 1. The smallest absolute Gasteiger partial charge is 0.234 e. The number of hydrogen-bond acceptors (Lipinski definition) is 6. The van der Waals surface area contributed by atoms with Crippen LogP contribution in [-0.2, 0) is 24.1 Å². The molecule has 0 unspecified atom stereocenters. The molecule has 3 aromatic rings. The predicted octanol–water partition coefficient (Wildman–Crippen LogP) is 2.16. The molecule has 0 saturated heterocycles. The van der Waals surface area contributed by atoms with Crippen molar-refractivity contribution in [2.24, 2.45) is 0 Å². The van der Waals surface area contributed by atoms with Crippen molar-refractivity contribution in [1.29, 1.82) is 0 Å². The van der Waals surface area contributed by atoms with E-state index in [0.29, 0.717) is 11.0 Å². The van der Waals surface area contributed by atoms with E-state index in [0.717, 1.165) is 48.3 Å². The molecule has 27 heavy (non-hydrogen) atoms. The van der Waals surface area contributed by atoms with E-state index in [9.17, 15) is 4.79 Å². The molecule has 9 heteroatoms. The molecule has 0 aliphatic heterocycles. The first-order chi connectivity index (χ1) is 13.2. The number of thioether (sulfide) groups is 1. The fraction of sp³-hybridized carbons (Fsp3) is 0.333. The number of nitrogen functional groups attached to an aromatic ring is 1. The molecule has 1 aliphatic carbocycles. The number of anilines is 1. The summed E-state index contributed by atoms with van der Waals surface area (Å²) in [7, 11) is 0. The van der Waals surface area contributed by atoms with Crippen molar-refractivity contribution in [3.05, 3.63) is 41.1 Å². The Kier molecular flexibility index (Phi) is 4.85. The van der Waals surface area contributed by atoms with Crippen LogP contribution < -0.4 is 11.2 Å². The zero-order valence-corrected chi connectivity index (χ0v) is 15.8. The highest BCUT2D eigenvalue weighted by Gasteiger charge is 2.24. The molecule has 0 bridgehead atoms. The molecule has 2 heterocycles. The summed E-state index contributed by atoms with van der Waals surface area (Å²) < 4.78 is 1.41. The van der Waals surface area contributed by atoms with Gasteiger partial charge in [0.1, 0.15) is 5.69 Å². The number of nitrogens with one attached hydrogen (secondary N) is 2. The molecule has 0 spiro atoms. The van der Waals surface area contributed by atoms with Crippen LogP contribution in [-0.4, -0.2) is 36.7 Å². The fourth-order valence-corrected chi connectivity index (χ4v) is 3.96. The predicted molar refractivity (Wildman–Crippen MR) is 105 cm³/mol. The maximum absolute atomic E-state index is 12.3. The Morgan fingerprint density at radius 3 is 3.04 bits per heavy atom. The summed E-state index contributed by atoms with van der Waals surface area (Å²) in [6.45, 7) is 2.06. The average molecular weight is 383 g/mol. The van der Waals surface area contributed by atoms with Crippen molar-refractivity contribution in [2.45, 2.75) is 37.8 Å². The largest absolute Gasteiger partial charge is 0.335 e. The maximum Gasteiger partial charge on any atom is 0.234 e. The highest BCUT2D eigenvalue weighted by molar-refractivity contribution is 7.99. The first-order valence-electron chi connectivity index (χ1n) is 8.95. The SMILES string of the molecule is CCc1ccccc1NC(=O)CSc1nnc(-c2n[nH]c3c2CCC3)n1N. The molecule has 8 nitrogen and oxygen atoms in total. The summed E-state index contributed by atoms with van der Waals surface area (Å²) >= 11 is 1.25. The average Bonchev–Trinajstić information content (AvgIpc) is 3.37. The molecule has 4 N–H and O–H groups in total. The molecule has 4 rings (SSSR count). The van der Waals surface area contributed by atoms with Gasteiger partial charge in [-0.3, -0.25) is 9.89 Å². The van der Waals surface area contributed by atoms with Crippen molar-refractivity contribution in [1.82, 2.24) is 25.1 Å². The monoisotopic (exact) mass is 383 g/mol. The lowest BCUT2D eigenvalue weighted by molar-refractivity contribution is -0.113. The minimum absolute atomic E-state index is 0.105. The Morgan fingerprint density at radius 2 is 2.19 bits per heavy atom. The van der Waals surface area contributed by atoms with Gasteiger partial charge in [-0.2, -0.15) is 5.10 Å². The van der Waals surface area contributed by atoms with Gasteiger partial charge < -0.3 is 11.2 Å². The van der Waals surface area contributed by atoms with E-state index in [1.807, 2.05) is 24.3 Å². The number of carbonyl (C=O) groups excluding carboxylic acids is 1. The lowest BCUT2D eigenvalue weighted by Crippen LogP contribution is -2.17. The number of benzene rings is 1. The quantitative estimate of drug-likeness (QED) is 0.444. The Balaban J connectivity index is 1.43. The van der Waals surface area contributed by atoms with Crippen LogP contribution in [0, 0.1) is 0 Å². The summed E-state index contributed by atoms with van der Waals surface area (Å²) in [4.78, 5) is 12.3. The number of aromatic amines is 1.